The van der Waals surface area contributed by atoms with Crippen molar-refractivity contribution in [3.8, 4) is 11.1 Å². The van der Waals surface area contributed by atoms with Gasteiger partial charge in [0.2, 0.25) is 5.91 Å². The van der Waals surface area contributed by atoms with Gasteiger partial charge in [0.15, 0.2) is 0 Å². The highest BCUT2D eigenvalue weighted by molar-refractivity contribution is 6.36. The first-order valence-corrected chi connectivity index (χ1v) is 13.1. The summed E-state index contributed by atoms with van der Waals surface area (Å²) in [5.74, 6) is -0.994. The molecule has 1 saturated carbocycles. The second-order valence-corrected chi connectivity index (χ2v) is 10.4. The van der Waals surface area contributed by atoms with Gasteiger partial charge in [-0.2, -0.15) is 0 Å². The van der Waals surface area contributed by atoms with Crippen molar-refractivity contribution in [1.29, 1.82) is 0 Å². The van der Waals surface area contributed by atoms with Gasteiger partial charge in [-0.05, 0) is 74.1 Å². The summed E-state index contributed by atoms with van der Waals surface area (Å²) in [5.41, 5.74) is 4.87. The molecule has 38 heavy (non-hydrogen) atoms. The Kier molecular flexibility index (Phi) is 6.10. The fourth-order valence-electron chi connectivity index (χ4n) is 5.42. The lowest BCUT2D eigenvalue weighted by Crippen LogP contribution is -2.46. The van der Waals surface area contributed by atoms with E-state index in [4.69, 9.17) is 0 Å². The predicted octanol–water partition coefficient (Wildman–Crippen LogP) is 4.75. The molecule has 0 radical (unpaired) electrons. The molecule has 1 aliphatic carbocycles. The molecular weight excluding hydrogens is 483 g/mol. The predicted molar refractivity (Wildman–Crippen MR) is 144 cm³/mol. The molecule has 1 atom stereocenters. The van der Waals surface area contributed by atoms with E-state index in [1.807, 2.05) is 25.1 Å². The van der Waals surface area contributed by atoms with Gasteiger partial charge in [0.1, 0.15) is 5.82 Å². The maximum absolute atomic E-state index is 14.0. The molecule has 3 aliphatic rings. The van der Waals surface area contributed by atoms with Gasteiger partial charge in [-0.15, -0.1) is 0 Å². The molecule has 7 nitrogen and oxygen atoms in total. The van der Waals surface area contributed by atoms with Crippen LogP contribution in [0.4, 0.5) is 10.1 Å². The highest BCUT2D eigenvalue weighted by Crippen LogP contribution is 2.41. The molecule has 0 bridgehead atoms. The van der Waals surface area contributed by atoms with Gasteiger partial charge in [0.05, 0.1) is 22.7 Å². The Morgan fingerprint density at radius 2 is 1.92 bits per heavy atom. The zero-order valence-electron chi connectivity index (χ0n) is 21.1. The summed E-state index contributed by atoms with van der Waals surface area (Å²) < 4.78 is 14.0. The SMILES string of the molecule is Cc1cc(C(=O)N2CCC[C@@H](C(=O)NC3CC3)C2)c(/C=C2\C(=O)Nc3cccc(-c4cccc(F)c4)c32)[nH]1. The number of fused-ring (bicyclic) bond motifs is 1. The van der Waals surface area contributed by atoms with Gasteiger partial charge in [-0.1, -0.05) is 24.3 Å². The van der Waals surface area contributed by atoms with Gasteiger partial charge in [0, 0.05) is 36.1 Å². The van der Waals surface area contributed by atoms with Crippen LogP contribution in [0.1, 0.15) is 53.0 Å². The lowest BCUT2D eigenvalue weighted by molar-refractivity contribution is -0.126. The van der Waals surface area contributed by atoms with E-state index in [0.29, 0.717) is 46.7 Å². The summed E-state index contributed by atoms with van der Waals surface area (Å²) >= 11 is 0. The minimum absolute atomic E-state index is 0.0294. The summed E-state index contributed by atoms with van der Waals surface area (Å²) in [6, 6.07) is 13.8. The van der Waals surface area contributed by atoms with E-state index in [1.165, 1.54) is 12.1 Å². The van der Waals surface area contributed by atoms with E-state index in [0.717, 1.165) is 36.9 Å². The maximum Gasteiger partial charge on any atom is 0.256 e. The lowest BCUT2D eigenvalue weighted by atomic mass is 9.94. The van der Waals surface area contributed by atoms with E-state index in [-0.39, 0.29) is 35.5 Å². The van der Waals surface area contributed by atoms with Crippen molar-refractivity contribution >= 4 is 35.1 Å². The molecule has 2 aromatic carbocycles. The Balaban J connectivity index is 1.33. The number of carbonyl (C=O) groups excluding carboxylic acids is 3. The van der Waals surface area contributed by atoms with E-state index >= 15 is 0 Å². The van der Waals surface area contributed by atoms with Crippen molar-refractivity contribution in [3.05, 3.63) is 76.9 Å². The van der Waals surface area contributed by atoms with Crippen LogP contribution in [0.25, 0.3) is 22.8 Å². The normalized spacial score (nSPS) is 19.8. The van der Waals surface area contributed by atoms with E-state index in [2.05, 4.69) is 15.6 Å². The fourth-order valence-corrected chi connectivity index (χ4v) is 5.42. The first-order chi connectivity index (χ1) is 18.4. The number of likely N-dealkylation sites (tertiary alicyclic amines) is 1. The molecule has 0 unspecified atom stereocenters. The number of amides is 3. The van der Waals surface area contributed by atoms with Crippen molar-refractivity contribution in [1.82, 2.24) is 15.2 Å². The standard InChI is InChI=1S/C30H29FN4O3/c1-17-13-23(30(38)35-12-4-6-19(16-35)28(36)33-21-10-11-21)26(32-17)15-24-27-22(18-5-2-7-20(31)14-18)8-3-9-25(27)34-29(24)37/h2-3,5,7-9,13-15,19,21,32H,4,6,10-12,16H2,1H3,(H,33,36)(H,34,37)/b24-15-/t19-/m1/s1. The van der Waals surface area contributed by atoms with Gasteiger partial charge in [0.25, 0.3) is 11.8 Å². The average Bonchev–Trinajstić information content (AvgIpc) is 3.57. The van der Waals surface area contributed by atoms with Crippen molar-refractivity contribution in [3.63, 3.8) is 0 Å². The summed E-state index contributed by atoms with van der Waals surface area (Å²) in [4.78, 5) is 44.4. The van der Waals surface area contributed by atoms with Crippen LogP contribution in [0, 0.1) is 18.7 Å². The number of anilines is 1. The highest BCUT2D eigenvalue weighted by Gasteiger charge is 2.33. The monoisotopic (exact) mass is 512 g/mol. The molecule has 3 heterocycles. The van der Waals surface area contributed by atoms with Gasteiger partial charge in [-0.3, -0.25) is 14.4 Å². The zero-order chi connectivity index (χ0) is 26.4. The van der Waals surface area contributed by atoms with Crippen molar-refractivity contribution in [2.75, 3.05) is 18.4 Å². The molecule has 8 heteroatoms. The molecular formula is C30H29FN4O3. The van der Waals surface area contributed by atoms with E-state index in [1.54, 1.807) is 29.2 Å². The number of carbonyl (C=O) groups is 3. The number of halogens is 1. The minimum atomic E-state index is -0.360. The number of hydrogen-bond acceptors (Lipinski definition) is 3. The Morgan fingerprint density at radius 1 is 1.11 bits per heavy atom. The van der Waals surface area contributed by atoms with Crippen LogP contribution in [0.15, 0.2) is 48.5 Å². The third kappa shape index (κ3) is 4.62. The third-order valence-corrected chi connectivity index (χ3v) is 7.47. The van der Waals surface area contributed by atoms with Crippen LogP contribution in [-0.4, -0.2) is 46.7 Å². The number of benzene rings is 2. The average molecular weight is 513 g/mol. The molecule has 1 aromatic heterocycles. The molecule has 194 valence electrons. The molecule has 3 amide bonds. The number of piperidine rings is 1. The van der Waals surface area contributed by atoms with Crippen molar-refractivity contribution in [2.24, 2.45) is 5.92 Å². The minimum Gasteiger partial charge on any atom is -0.358 e. The van der Waals surface area contributed by atoms with Gasteiger partial charge >= 0.3 is 0 Å². The van der Waals surface area contributed by atoms with Crippen LogP contribution in [0.2, 0.25) is 0 Å². The molecule has 6 rings (SSSR count). The summed E-state index contributed by atoms with van der Waals surface area (Å²) in [6.07, 6.45) is 5.29. The maximum atomic E-state index is 14.0. The summed E-state index contributed by atoms with van der Waals surface area (Å²) in [7, 11) is 0. The molecule has 3 N–H and O–H groups in total. The smallest absolute Gasteiger partial charge is 0.256 e. The van der Waals surface area contributed by atoms with Crippen LogP contribution >= 0.6 is 0 Å². The Bertz CT molecular complexity index is 1490. The topological polar surface area (TPSA) is 94.3 Å². The van der Waals surface area contributed by atoms with Crippen molar-refractivity contribution < 1.29 is 18.8 Å². The number of aryl methyl sites for hydroxylation is 1. The lowest BCUT2D eigenvalue weighted by Gasteiger charge is -2.32. The molecule has 0 spiro atoms. The van der Waals surface area contributed by atoms with Crippen LogP contribution < -0.4 is 10.6 Å². The molecule has 2 fully saturated rings. The van der Waals surface area contributed by atoms with E-state index in [9.17, 15) is 18.8 Å². The number of aromatic amines is 1. The Morgan fingerprint density at radius 3 is 2.71 bits per heavy atom. The number of H-pyrrole nitrogens is 1. The number of nitrogens with one attached hydrogen (secondary N) is 3. The van der Waals surface area contributed by atoms with Crippen LogP contribution in [0.3, 0.4) is 0 Å². The Hall–Kier alpha value is -4.20. The van der Waals surface area contributed by atoms with Crippen molar-refractivity contribution in [2.45, 2.75) is 38.6 Å². The molecule has 1 saturated heterocycles. The number of hydrogen-bond donors (Lipinski definition) is 3. The quantitative estimate of drug-likeness (QED) is 0.431. The Labute approximate surface area is 220 Å². The first-order valence-electron chi connectivity index (χ1n) is 13.1. The van der Waals surface area contributed by atoms with Gasteiger partial charge in [-0.25, -0.2) is 4.39 Å². The highest BCUT2D eigenvalue weighted by atomic mass is 19.1. The zero-order valence-corrected chi connectivity index (χ0v) is 21.1. The molecule has 2 aliphatic heterocycles. The van der Waals surface area contributed by atoms with Crippen LogP contribution in [-0.2, 0) is 9.59 Å². The number of nitrogens with zero attached hydrogens (tertiary/aromatic N) is 1. The summed E-state index contributed by atoms with van der Waals surface area (Å²) in [5, 5.41) is 5.96. The molecule has 3 aromatic rings. The van der Waals surface area contributed by atoms with Crippen LogP contribution in [0.5, 0.6) is 0 Å². The summed E-state index contributed by atoms with van der Waals surface area (Å²) in [6.45, 7) is 2.83. The van der Waals surface area contributed by atoms with Gasteiger partial charge < -0.3 is 20.5 Å². The second kappa shape index (κ2) is 9.59. The first kappa shape index (κ1) is 24.2. The number of aromatic nitrogens is 1. The second-order valence-electron chi connectivity index (χ2n) is 10.4. The third-order valence-electron chi connectivity index (χ3n) is 7.47. The van der Waals surface area contributed by atoms with E-state index < -0.39 is 0 Å². The largest absolute Gasteiger partial charge is 0.358 e. The fraction of sp³-hybridized carbons (Fsp3) is 0.300. The number of rotatable bonds is 5.